The third-order valence-corrected chi connectivity index (χ3v) is 2.26. The van der Waals surface area contributed by atoms with Gasteiger partial charge in [-0.1, -0.05) is 25.1 Å². The molecule has 0 heterocycles. The molecule has 1 N–H and O–H groups in total. The fourth-order valence-corrected chi connectivity index (χ4v) is 1.43. The van der Waals surface area contributed by atoms with E-state index in [4.69, 9.17) is 5.11 Å². The number of hydrogen-bond acceptors (Lipinski definition) is 3. The number of rotatable bonds is 3. The van der Waals surface area contributed by atoms with Crippen LogP contribution in [0.4, 0.5) is 5.69 Å². The van der Waals surface area contributed by atoms with Crippen LogP contribution in [0.2, 0.25) is 0 Å². The van der Waals surface area contributed by atoms with Crippen LogP contribution in [0.15, 0.2) is 18.2 Å². The minimum atomic E-state index is -0.392. The van der Waals surface area contributed by atoms with Crippen LogP contribution in [0.25, 0.3) is 0 Å². The molecule has 1 aromatic rings. The Bertz CT molecular complexity index is 349. The standard InChI is InChI=1S/C10H13NO3/c1-7-4-3-5-9(8(2)6-12)10(7)11(13)14/h3-5,8,12H,6H2,1-2H3. The molecule has 4 heteroatoms. The van der Waals surface area contributed by atoms with E-state index in [0.717, 1.165) is 0 Å². The van der Waals surface area contributed by atoms with Gasteiger partial charge in [0, 0.05) is 23.7 Å². The molecule has 0 aromatic heterocycles. The third-order valence-electron chi connectivity index (χ3n) is 2.26. The summed E-state index contributed by atoms with van der Waals surface area (Å²) in [7, 11) is 0. The molecule has 1 aromatic carbocycles. The molecule has 0 aliphatic carbocycles. The highest BCUT2D eigenvalue weighted by Gasteiger charge is 2.20. The fraction of sp³-hybridized carbons (Fsp3) is 0.400. The Hall–Kier alpha value is -1.42. The molecule has 76 valence electrons. The number of aliphatic hydroxyl groups excluding tert-OH is 1. The van der Waals surface area contributed by atoms with E-state index in [1.165, 1.54) is 0 Å². The van der Waals surface area contributed by atoms with E-state index in [-0.39, 0.29) is 18.2 Å². The molecule has 1 unspecified atom stereocenters. The molecule has 14 heavy (non-hydrogen) atoms. The van der Waals surface area contributed by atoms with E-state index in [1.807, 2.05) is 0 Å². The maximum atomic E-state index is 10.8. The number of aliphatic hydroxyl groups is 1. The zero-order chi connectivity index (χ0) is 10.7. The van der Waals surface area contributed by atoms with Crippen LogP contribution in [-0.4, -0.2) is 16.6 Å². The Balaban J connectivity index is 3.28. The first kappa shape index (κ1) is 10.7. The molecule has 0 aliphatic heterocycles. The summed E-state index contributed by atoms with van der Waals surface area (Å²) >= 11 is 0. The number of benzene rings is 1. The molecule has 0 bridgehead atoms. The molecule has 4 nitrogen and oxygen atoms in total. The largest absolute Gasteiger partial charge is 0.396 e. The predicted octanol–water partition coefficient (Wildman–Crippen LogP) is 2.00. The van der Waals surface area contributed by atoms with Crippen molar-refractivity contribution in [3.05, 3.63) is 39.4 Å². The molecule has 1 atom stereocenters. The van der Waals surface area contributed by atoms with Crippen molar-refractivity contribution < 1.29 is 10.0 Å². The minimum absolute atomic E-state index is 0.0791. The van der Waals surface area contributed by atoms with Gasteiger partial charge in [0.1, 0.15) is 0 Å². The smallest absolute Gasteiger partial charge is 0.275 e. The predicted molar refractivity (Wildman–Crippen MR) is 53.3 cm³/mol. The molecule has 0 spiro atoms. The minimum Gasteiger partial charge on any atom is -0.396 e. The Morgan fingerprint density at radius 2 is 2.21 bits per heavy atom. The fourth-order valence-electron chi connectivity index (χ4n) is 1.43. The summed E-state index contributed by atoms with van der Waals surface area (Å²) in [5.41, 5.74) is 1.35. The van der Waals surface area contributed by atoms with Crippen LogP contribution in [0.1, 0.15) is 24.0 Å². The van der Waals surface area contributed by atoms with E-state index in [2.05, 4.69) is 0 Å². The highest BCUT2D eigenvalue weighted by atomic mass is 16.6. The second-order valence-corrected chi connectivity index (χ2v) is 3.35. The summed E-state index contributed by atoms with van der Waals surface area (Å²) in [4.78, 5) is 10.4. The Morgan fingerprint density at radius 3 is 2.71 bits per heavy atom. The van der Waals surface area contributed by atoms with Crippen molar-refractivity contribution in [1.82, 2.24) is 0 Å². The van der Waals surface area contributed by atoms with Gasteiger partial charge in [0.05, 0.1) is 4.92 Å². The topological polar surface area (TPSA) is 63.4 Å². The summed E-state index contributed by atoms with van der Waals surface area (Å²) < 4.78 is 0. The van der Waals surface area contributed by atoms with Crippen LogP contribution in [0.3, 0.4) is 0 Å². The van der Waals surface area contributed by atoms with Crippen molar-refractivity contribution in [2.24, 2.45) is 0 Å². The van der Waals surface area contributed by atoms with Gasteiger partial charge in [-0.3, -0.25) is 10.1 Å². The second kappa shape index (κ2) is 4.19. The van der Waals surface area contributed by atoms with Gasteiger partial charge in [0.25, 0.3) is 5.69 Å². The Labute approximate surface area is 82.3 Å². The van der Waals surface area contributed by atoms with Crippen molar-refractivity contribution in [1.29, 1.82) is 0 Å². The van der Waals surface area contributed by atoms with Gasteiger partial charge in [-0.2, -0.15) is 0 Å². The van der Waals surface area contributed by atoms with Crippen molar-refractivity contribution in [3.63, 3.8) is 0 Å². The molecular weight excluding hydrogens is 182 g/mol. The van der Waals surface area contributed by atoms with Gasteiger partial charge in [-0.15, -0.1) is 0 Å². The van der Waals surface area contributed by atoms with E-state index < -0.39 is 4.92 Å². The number of aryl methyl sites for hydroxylation is 1. The second-order valence-electron chi connectivity index (χ2n) is 3.35. The van der Waals surface area contributed by atoms with E-state index in [0.29, 0.717) is 11.1 Å². The number of nitro groups is 1. The normalized spacial score (nSPS) is 12.5. The Kier molecular flexibility index (Phi) is 3.19. The molecule has 0 saturated carbocycles. The highest BCUT2D eigenvalue weighted by Crippen LogP contribution is 2.28. The summed E-state index contributed by atoms with van der Waals surface area (Å²) in [5.74, 6) is -0.199. The SMILES string of the molecule is Cc1cccc(C(C)CO)c1[N+](=O)[O-]. The van der Waals surface area contributed by atoms with Gasteiger partial charge in [0.2, 0.25) is 0 Å². The zero-order valence-corrected chi connectivity index (χ0v) is 8.23. The molecular formula is C10H13NO3. The van der Waals surface area contributed by atoms with Crippen molar-refractivity contribution in [3.8, 4) is 0 Å². The molecule has 0 saturated heterocycles. The van der Waals surface area contributed by atoms with Gasteiger partial charge in [0.15, 0.2) is 0 Å². The van der Waals surface area contributed by atoms with Crippen LogP contribution in [-0.2, 0) is 0 Å². The average Bonchev–Trinajstić information content (AvgIpc) is 2.15. The third kappa shape index (κ3) is 1.90. The summed E-state index contributed by atoms with van der Waals surface area (Å²) in [5, 5.41) is 19.7. The molecule has 0 fully saturated rings. The van der Waals surface area contributed by atoms with Gasteiger partial charge in [-0.05, 0) is 6.92 Å². The average molecular weight is 195 g/mol. The summed E-state index contributed by atoms with van der Waals surface area (Å²) in [6, 6.07) is 5.15. The Morgan fingerprint density at radius 1 is 1.57 bits per heavy atom. The highest BCUT2D eigenvalue weighted by molar-refractivity contribution is 5.48. The lowest BCUT2D eigenvalue weighted by Crippen LogP contribution is -2.04. The quantitative estimate of drug-likeness (QED) is 0.592. The molecule has 0 amide bonds. The lowest BCUT2D eigenvalue weighted by atomic mass is 9.97. The monoisotopic (exact) mass is 195 g/mol. The molecule has 0 aliphatic rings. The maximum absolute atomic E-state index is 10.8. The molecule has 1 rings (SSSR count). The van der Waals surface area contributed by atoms with Crippen molar-refractivity contribution >= 4 is 5.69 Å². The van der Waals surface area contributed by atoms with Crippen LogP contribution in [0.5, 0.6) is 0 Å². The van der Waals surface area contributed by atoms with Crippen molar-refractivity contribution in [2.45, 2.75) is 19.8 Å². The van der Waals surface area contributed by atoms with Crippen molar-refractivity contribution in [2.75, 3.05) is 6.61 Å². The molecule has 0 radical (unpaired) electrons. The first-order valence-electron chi connectivity index (χ1n) is 4.42. The number of hydrogen-bond donors (Lipinski definition) is 1. The van der Waals surface area contributed by atoms with Gasteiger partial charge in [-0.25, -0.2) is 0 Å². The number of nitro benzene ring substituents is 1. The van der Waals surface area contributed by atoms with E-state index >= 15 is 0 Å². The number of nitrogens with zero attached hydrogens (tertiary/aromatic N) is 1. The number of para-hydroxylation sites is 1. The zero-order valence-electron chi connectivity index (χ0n) is 8.23. The van der Waals surface area contributed by atoms with Crippen LogP contribution < -0.4 is 0 Å². The van der Waals surface area contributed by atoms with Gasteiger partial charge < -0.3 is 5.11 Å². The van der Waals surface area contributed by atoms with Crippen LogP contribution in [0, 0.1) is 17.0 Å². The lowest BCUT2D eigenvalue weighted by Gasteiger charge is -2.09. The van der Waals surface area contributed by atoms with E-state index in [9.17, 15) is 10.1 Å². The maximum Gasteiger partial charge on any atom is 0.275 e. The summed E-state index contributed by atoms with van der Waals surface area (Å²) in [6.45, 7) is 3.39. The first-order chi connectivity index (χ1) is 6.57. The summed E-state index contributed by atoms with van der Waals surface area (Å²) in [6.07, 6.45) is 0. The van der Waals surface area contributed by atoms with Gasteiger partial charge >= 0.3 is 0 Å². The van der Waals surface area contributed by atoms with Crippen LogP contribution >= 0.6 is 0 Å². The van der Waals surface area contributed by atoms with E-state index in [1.54, 1.807) is 32.0 Å². The lowest BCUT2D eigenvalue weighted by molar-refractivity contribution is -0.386. The first-order valence-corrected chi connectivity index (χ1v) is 4.42.